The number of halogens is 4. The topological polar surface area (TPSA) is 462 Å². The van der Waals surface area contributed by atoms with Crippen molar-refractivity contribution in [3.8, 4) is 0 Å². The van der Waals surface area contributed by atoms with Crippen LogP contribution in [0.5, 0.6) is 0 Å². The van der Waals surface area contributed by atoms with Gasteiger partial charge in [0.1, 0.15) is 33.0 Å². The molecule has 5 rings (SSSR count). The summed E-state index contributed by atoms with van der Waals surface area (Å²) in [6, 6.07) is 32.5. The molecule has 1 heterocycles. The van der Waals surface area contributed by atoms with Gasteiger partial charge in [-0.25, -0.2) is 8.42 Å². The third kappa shape index (κ3) is 69.7. The van der Waals surface area contributed by atoms with Crippen LogP contribution in [0.15, 0.2) is 118 Å². The molecule has 1 unspecified atom stereocenters. The minimum Gasteiger partial charge on any atom is -0.469 e. The number of unbranched alkanes of at least 4 members (excludes halogenated alkanes) is 1. The van der Waals surface area contributed by atoms with E-state index in [0.717, 1.165) is 111 Å². The average molecular weight is 1850 g/mol. The number of nitrogens with one attached hydrogen (secondary N) is 7. The van der Waals surface area contributed by atoms with Crippen molar-refractivity contribution in [2.45, 2.75) is 250 Å². The lowest BCUT2D eigenvalue weighted by Crippen LogP contribution is -2.34. The normalized spacial score (nSPS) is 13.0. The molecule has 0 amide bonds. The first-order valence-corrected chi connectivity index (χ1v) is 45.0. The van der Waals surface area contributed by atoms with E-state index < -0.39 is 20.6 Å². The highest BCUT2D eigenvalue weighted by molar-refractivity contribution is 7.90. The molecule has 14 N–H and O–H groups in total. The van der Waals surface area contributed by atoms with Crippen molar-refractivity contribution in [2.24, 2.45) is 44.6 Å². The van der Waals surface area contributed by atoms with Gasteiger partial charge in [-0.1, -0.05) is 168 Å². The summed E-state index contributed by atoms with van der Waals surface area (Å²) in [5, 5.41) is 33.5. The molecule has 0 spiro atoms. The molecule has 0 aromatic heterocycles. The maximum Gasteiger partial charge on any atom is 0.308 e. The van der Waals surface area contributed by atoms with Crippen LogP contribution in [0.1, 0.15) is 227 Å². The second kappa shape index (κ2) is 82.7. The summed E-state index contributed by atoms with van der Waals surface area (Å²) in [5.41, 5.74) is 17.0. The highest BCUT2D eigenvalue weighted by Gasteiger charge is 2.38. The summed E-state index contributed by atoms with van der Waals surface area (Å²) >= 11 is 0. The van der Waals surface area contributed by atoms with E-state index in [1.54, 1.807) is 67.2 Å². The highest BCUT2D eigenvalue weighted by Crippen LogP contribution is 2.35. The molecule has 0 radical (unpaired) electrons. The second-order valence-corrected chi connectivity index (χ2v) is 33.2. The Morgan fingerprint density at radius 1 is 0.528 bits per heavy atom. The number of nitrogens with two attached hydrogens (primary N) is 2. The Kier molecular flexibility index (Phi) is 88.5. The van der Waals surface area contributed by atoms with Crippen LogP contribution < -0.4 is 49.5 Å². The molecule has 0 saturated heterocycles. The average Bonchev–Trinajstić information content (AvgIpc) is 1.57. The molecule has 0 aliphatic carbocycles. The van der Waals surface area contributed by atoms with E-state index in [1.165, 1.54) is 28.4 Å². The molecule has 4 aromatic rings. The summed E-state index contributed by atoms with van der Waals surface area (Å²) in [6.07, 6.45) is 15.9. The van der Waals surface area contributed by atoms with Crippen molar-refractivity contribution < 1.29 is 93.0 Å². The number of benzene rings is 4. The largest absolute Gasteiger partial charge is 0.469 e. The maximum atomic E-state index is 12.3. The maximum absolute atomic E-state index is 12.3. The number of esters is 4. The predicted molar refractivity (Wildman–Crippen MR) is 511 cm³/mol. The number of carbonyl (C=O) groups is 9. The van der Waals surface area contributed by atoms with Crippen LogP contribution in [0, 0.1) is 29.1 Å². The summed E-state index contributed by atoms with van der Waals surface area (Å²) < 4.78 is 82.9. The Hall–Kier alpha value is -8.97. The Balaban J connectivity index is -0.000000178. The fourth-order valence-corrected chi connectivity index (χ4v) is 12.8. The lowest BCUT2D eigenvalue weighted by Gasteiger charge is -2.13. The second-order valence-electron chi connectivity index (χ2n) is 29.4. The monoisotopic (exact) mass is 1850 g/mol. The van der Waals surface area contributed by atoms with Gasteiger partial charge < -0.3 is 68.5 Å². The molecule has 9 atom stereocenters. The molecule has 732 valence electrons. The van der Waals surface area contributed by atoms with Gasteiger partial charge in [-0.05, 0) is 187 Å². The van der Waals surface area contributed by atoms with Gasteiger partial charge in [0, 0.05) is 103 Å². The fraction of sp³-hybridized carbons (Fsp3) is 0.620. The minimum atomic E-state index is -2.98. The van der Waals surface area contributed by atoms with Crippen molar-refractivity contribution in [2.75, 3.05) is 107 Å². The van der Waals surface area contributed by atoms with Gasteiger partial charge in [0.15, 0.2) is 11.4 Å². The van der Waals surface area contributed by atoms with Crippen LogP contribution in [0.4, 0.5) is 24.0 Å². The molecular formula is C92H163F4N13O16S2. The number of hydrogen-bond donors (Lipinski definition) is 10. The number of nitrogen functional groups attached to an aromatic ring is 1. The summed E-state index contributed by atoms with van der Waals surface area (Å²) in [4.78, 5) is 106. The summed E-state index contributed by atoms with van der Waals surface area (Å²) in [7, 11) is 10.8. The first kappa shape index (κ1) is 136. The third-order valence-electron chi connectivity index (χ3n) is 19.2. The van der Waals surface area contributed by atoms with E-state index in [1.807, 2.05) is 140 Å². The standard InChI is InChI=1S/C19H20O3.C13H19N3O.C11H23N3O.C11H16N2O.C11H24N2O.C8H14N2O2.C8H16O4S.C8H16O3S.3CH4.2F2.H3N/c1-3-15(19(21)22-2)13-14-9-11-17(12-10-14)18(20)16-7-5-4-6-8-16;1-9(17)12(16-2)7-10-3-5-11(6-4-10)8-13(14)15;1-5-11(13-4)14-8-6-7-10(12-3)9(2)15;1-8(14)11(13-2)7-9-3-5-10(12)6-4-9;1-9(2)13-8-6-5-7-11(12-4)10(3)14;1-4-6(7(11)12-3)5-8(2)9-10-8;1-4-7(8(9)12-2)5-6-13(3,10)11;1-4-7(8(9)11-2)5-6-12(3)10;;;;2*1-2;/h4-12,15H,3,13H2,1-2H3;3-6,12,16H,7-8H2,1-2H3,(H3,14,15);10,12H,5-8H2,1-4H3,(H,13,14);3-6,11,13H,7,12H2,1-2H3;9,11-13H,5-8H2,1-4H3;6H,4-5H2,1-3H3;7H,4-6H2,1-3H3;7H,4-6H2,1-3H3;3*1H4;;;1H3/t15-;12-;10-;2*11-;6-;7-;7-,12?;;;;;;/m00000000....../s1. The number of ketones is 5. The van der Waals surface area contributed by atoms with Crippen LogP contribution in [0.25, 0.3) is 0 Å². The van der Waals surface area contributed by atoms with Crippen LogP contribution >= 0.6 is 0 Å². The van der Waals surface area contributed by atoms with Crippen LogP contribution in [-0.4, -0.2) is 214 Å². The van der Waals surface area contributed by atoms with Crippen molar-refractivity contribution in [3.05, 3.63) is 137 Å². The fourth-order valence-electron chi connectivity index (χ4n) is 11.5. The number of amidine groups is 2. The third-order valence-corrected chi connectivity index (χ3v) is 21.0. The molecule has 1 aliphatic rings. The number of carbonyl (C=O) groups excluding carboxylic acids is 9. The van der Waals surface area contributed by atoms with Gasteiger partial charge in [0.25, 0.3) is 0 Å². The van der Waals surface area contributed by atoms with E-state index >= 15 is 0 Å². The Labute approximate surface area is 761 Å². The number of aliphatic imine (C=N–C) groups is 1. The molecule has 0 fully saturated rings. The highest BCUT2D eigenvalue weighted by atomic mass is 32.2. The number of Topliss-reactive ketones (excluding diaryl/α,β-unsaturated/α-hetero) is 4. The minimum absolute atomic E-state index is 0. The number of hydrogen-bond acceptors (Lipinski definition) is 27. The number of likely N-dealkylation sites (N-methyl/N-ethyl adjacent to an activating group) is 4. The van der Waals surface area contributed by atoms with Gasteiger partial charge in [-0.2, -0.15) is 10.2 Å². The van der Waals surface area contributed by atoms with E-state index in [4.69, 9.17) is 39.9 Å². The molecule has 4 aromatic carbocycles. The van der Waals surface area contributed by atoms with Gasteiger partial charge in [0.05, 0.1) is 93.7 Å². The number of ether oxygens (including phenoxy) is 4. The lowest BCUT2D eigenvalue weighted by atomic mass is 9.95. The van der Waals surface area contributed by atoms with Gasteiger partial charge in [-0.3, -0.25) is 57.8 Å². The van der Waals surface area contributed by atoms with E-state index in [-0.39, 0.29) is 146 Å². The number of rotatable bonds is 45. The number of anilines is 1. The first-order chi connectivity index (χ1) is 58.2. The molecule has 0 bridgehead atoms. The first-order valence-electron chi connectivity index (χ1n) is 41.3. The molecule has 1 aliphatic heterocycles. The molecule has 0 saturated carbocycles. The van der Waals surface area contributed by atoms with E-state index in [9.17, 15) is 55.8 Å². The van der Waals surface area contributed by atoms with Crippen molar-refractivity contribution in [3.63, 3.8) is 0 Å². The molecule has 29 nitrogen and oxygen atoms in total. The number of methoxy groups -OCH3 is 4. The van der Waals surface area contributed by atoms with Crippen molar-refractivity contribution in [1.29, 1.82) is 5.41 Å². The molecule has 35 heteroatoms. The van der Waals surface area contributed by atoms with E-state index in [0.29, 0.717) is 74.3 Å². The SMILES string of the molecule is C.C.C.CCC(=NC)NCCC[C@H](NC)C(C)=O.CC[C@@H](CC1(C)N=N1)C(=O)OC.CC[C@@H](CCS(C)(=O)=O)C(=O)OC.CC[C@@H](CCS(C)=O)C(=O)OC.CC[C@@H](Cc1ccc(C(=O)c2ccccc2)cc1)C(=O)OC.CN[C@@H](CCCCNC(C)C)C(C)=O.CN[C@@H](Cc1ccc(CC(=N)N)cc1)C(C)=O.CN[C@@H](Cc1ccc(N)cc1)C(C)=O.FF.FF.N. The Morgan fingerprint density at radius 2 is 0.890 bits per heavy atom. The van der Waals surface area contributed by atoms with Gasteiger partial charge in [0.2, 0.25) is 0 Å². The zero-order chi connectivity index (χ0) is 95.2. The summed E-state index contributed by atoms with van der Waals surface area (Å²) in [6.45, 7) is 24.4. The van der Waals surface area contributed by atoms with E-state index in [2.05, 4.69) is 82.1 Å². The Bertz CT molecular complexity index is 3780. The zero-order valence-corrected chi connectivity index (χ0v) is 79.6. The van der Waals surface area contributed by atoms with Crippen molar-refractivity contribution >= 4 is 90.8 Å². The quantitative estimate of drug-likeness (QED) is 0.00287. The Morgan fingerprint density at radius 3 is 1.24 bits per heavy atom. The predicted octanol–water partition coefficient (Wildman–Crippen LogP) is 14.9. The molecular weight excluding hydrogens is 1680 g/mol. The van der Waals surface area contributed by atoms with Crippen LogP contribution in [-0.2, 0) is 104 Å². The van der Waals surface area contributed by atoms with Gasteiger partial charge >= 0.3 is 23.9 Å². The summed E-state index contributed by atoms with van der Waals surface area (Å²) in [5.74, 6) is 1.12. The lowest BCUT2D eigenvalue weighted by molar-refractivity contribution is -0.146. The molecule has 127 heavy (non-hydrogen) atoms. The number of nitrogens with zero attached hydrogens (tertiary/aromatic N) is 3. The van der Waals surface area contributed by atoms with Crippen LogP contribution in [0.2, 0.25) is 0 Å². The van der Waals surface area contributed by atoms with Crippen molar-refractivity contribution in [1.82, 2.24) is 38.1 Å². The zero-order valence-electron chi connectivity index (χ0n) is 77.9. The van der Waals surface area contributed by atoms with Crippen LogP contribution in [0.3, 0.4) is 0 Å². The van der Waals surface area contributed by atoms with Gasteiger partial charge in [-0.15, -0.1) is 0 Å². The number of sulfone groups is 1. The smallest absolute Gasteiger partial charge is 0.308 e.